The van der Waals surface area contributed by atoms with Crippen molar-refractivity contribution in [2.24, 2.45) is 5.84 Å². The summed E-state index contributed by atoms with van der Waals surface area (Å²) in [6.07, 6.45) is 0.996. The Morgan fingerprint density at radius 2 is 1.90 bits per heavy atom. The summed E-state index contributed by atoms with van der Waals surface area (Å²) in [7, 11) is 0. The third kappa shape index (κ3) is 2.78. The number of anilines is 3. The second-order valence-electron chi connectivity index (χ2n) is 4.74. The van der Waals surface area contributed by atoms with Crippen molar-refractivity contribution in [1.29, 1.82) is 0 Å². The van der Waals surface area contributed by atoms with E-state index in [1.807, 2.05) is 36.4 Å². The van der Waals surface area contributed by atoms with Crippen LogP contribution < -0.4 is 16.6 Å². The number of nitrogens with two attached hydrogens (primary N) is 1. The molecule has 0 aliphatic heterocycles. The van der Waals surface area contributed by atoms with Crippen LogP contribution in [0.5, 0.6) is 0 Å². The number of fused-ring (bicyclic) bond motifs is 1. The van der Waals surface area contributed by atoms with Gasteiger partial charge in [-0.25, -0.2) is 10.8 Å². The SMILES string of the molecule is CCc1cccc(Nc2nc(NN)nc3ccccc23)c1. The Labute approximate surface area is 123 Å². The highest BCUT2D eigenvalue weighted by atomic mass is 15.3. The molecule has 0 bridgehead atoms. The van der Waals surface area contributed by atoms with Gasteiger partial charge in [0.2, 0.25) is 5.95 Å². The molecular weight excluding hydrogens is 262 g/mol. The molecule has 0 aliphatic rings. The molecule has 0 amide bonds. The number of aryl methyl sites for hydroxylation is 1. The number of hydrogen-bond donors (Lipinski definition) is 3. The topological polar surface area (TPSA) is 75.9 Å². The Kier molecular flexibility index (Phi) is 3.66. The normalized spacial score (nSPS) is 10.6. The Morgan fingerprint density at radius 1 is 1.05 bits per heavy atom. The molecule has 0 aliphatic carbocycles. The molecule has 1 heterocycles. The monoisotopic (exact) mass is 279 g/mol. The number of rotatable bonds is 4. The lowest BCUT2D eigenvalue weighted by atomic mass is 10.1. The van der Waals surface area contributed by atoms with Crippen molar-refractivity contribution in [2.75, 3.05) is 10.7 Å². The van der Waals surface area contributed by atoms with Crippen molar-refractivity contribution >= 4 is 28.4 Å². The van der Waals surface area contributed by atoms with Crippen LogP contribution in [-0.2, 0) is 6.42 Å². The van der Waals surface area contributed by atoms with Crippen molar-refractivity contribution in [2.45, 2.75) is 13.3 Å². The van der Waals surface area contributed by atoms with Gasteiger partial charge in [0, 0.05) is 11.1 Å². The maximum absolute atomic E-state index is 5.45. The number of nitrogens with one attached hydrogen (secondary N) is 2. The second kappa shape index (κ2) is 5.76. The predicted octanol–water partition coefficient (Wildman–Crippen LogP) is 3.22. The molecule has 0 atom stereocenters. The summed E-state index contributed by atoms with van der Waals surface area (Å²) in [6, 6.07) is 16.1. The Morgan fingerprint density at radius 3 is 2.71 bits per heavy atom. The first-order valence-electron chi connectivity index (χ1n) is 6.89. The number of nitrogens with zero attached hydrogens (tertiary/aromatic N) is 2. The largest absolute Gasteiger partial charge is 0.340 e. The van der Waals surface area contributed by atoms with Crippen LogP contribution in [0.4, 0.5) is 17.5 Å². The molecule has 4 N–H and O–H groups in total. The van der Waals surface area contributed by atoms with E-state index in [1.54, 1.807) is 0 Å². The molecule has 0 saturated heterocycles. The number of hydrogen-bond acceptors (Lipinski definition) is 5. The molecule has 0 unspecified atom stereocenters. The summed E-state index contributed by atoms with van der Waals surface area (Å²) in [6.45, 7) is 2.13. The highest BCUT2D eigenvalue weighted by Crippen LogP contribution is 2.25. The molecule has 106 valence electrons. The maximum atomic E-state index is 5.45. The van der Waals surface area contributed by atoms with Gasteiger partial charge in [-0.1, -0.05) is 31.2 Å². The molecule has 5 heteroatoms. The Bertz CT molecular complexity index is 769. The fourth-order valence-electron chi connectivity index (χ4n) is 2.24. The summed E-state index contributed by atoms with van der Waals surface area (Å²) in [4.78, 5) is 8.75. The predicted molar refractivity (Wildman–Crippen MR) is 86.5 cm³/mol. The molecule has 3 rings (SSSR count). The maximum Gasteiger partial charge on any atom is 0.239 e. The highest BCUT2D eigenvalue weighted by molar-refractivity contribution is 5.91. The molecule has 5 nitrogen and oxygen atoms in total. The van der Waals surface area contributed by atoms with E-state index < -0.39 is 0 Å². The van der Waals surface area contributed by atoms with Gasteiger partial charge in [0.05, 0.1) is 5.52 Å². The van der Waals surface area contributed by atoms with Crippen molar-refractivity contribution in [1.82, 2.24) is 9.97 Å². The van der Waals surface area contributed by atoms with Crippen LogP contribution in [0.1, 0.15) is 12.5 Å². The number of hydrazine groups is 1. The van der Waals surface area contributed by atoms with Crippen molar-refractivity contribution in [3.63, 3.8) is 0 Å². The lowest BCUT2D eigenvalue weighted by Crippen LogP contribution is -2.11. The molecular formula is C16H17N5. The summed E-state index contributed by atoms with van der Waals surface area (Å²) in [5.74, 6) is 6.58. The van der Waals surface area contributed by atoms with Crippen LogP contribution in [0, 0.1) is 0 Å². The van der Waals surface area contributed by atoms with E-state index in [1.165, 1.54) is 5.56 Å². The van der Waals surface area contributed by atoms with E-state index >= 15 is 0 Å². The molecule has 0 fully saturated rings. The Balaban J connectivity index is 2.06. The standard InChI is InChI=1S/C16H17N5/c1-2-11-6-5-7-12(10-11)18-15-13-8-3-4-9-14(13)19-16(20-15)21-17/h3-10H,2,17H2,1H3,(H2,18,19,20,21). The summed E-state index contributed by atoms with van der Waals surface area (Å²) in [5, 5.41) is 4.31. The molecule has 1 aromatic heterocycles. The van der Waals surface area contributed by atoms with Crippen molar-refractivity contribution in [3.8, 4) is 0 Å². The molecule has 3 aromatic rings. The zero-order valence-electron chi connectivity index (χ0n) is 11.8. The lowest BCUT2D eigenvalue weighted by Gasteiger charge is -2.11. The summed E-state index contributed by atoms with van der Waals surface area (Å²) in [5.41, 5.74) is 5.62. The van der Waals surface area contributed by atoms with Crippen LogP contribution >= 0.6 is 0 Å². The number of benzene rings is 2. The van der Waals surface area contributed by atoms with Crippen LogP contribution in [0.15, 0.2) is 48.5 Å². The minimum Gasteiger partial charge on any atom is -0.340 e. The Hall–Kier alpha value is -2.66. The van der Waals surface area contributed by atoms with Gasteiger partial charge in [-0.05, 0) is 36.2 Å². The average molecular weight is 279 g/mol. The van der Waals surface area contributed by atoms with E-state index in [4.69, 9.17) is 5.84 Å². The highest BCUT2D eigenvalue weighted by Gasteiger charge is 2.07. The van der Waals surface area contributed by atoms with Gasteiger partial charge in [0.15, 0.2) is 0 Å². The quantitative estimate of drug-likeness (QED) is 0.505. The third-order valence-electron chi connectivity index (χ3n) is 3.33. The van der Waals surface area contributed by atoms with Crippen LogP contribution in [0.3, 0.4) is 0 Å². The van der Waals surface area contributed by atoms with E-state index in [2.05, 4.69) is 39.8 Å². The first-order chi connectivity index (χ1) is 10.3. The van der Waals surface area contributed by atoms with Gasteiger partial charge < -0.3 is 5.32 Å². The zero-order valence-corrected chi connectivity index (χ0v) is 11.8. The van der Waals surface area contributed by atoms with Gasteiger partial charge in [-0.2, -0.15) is 4.98 Å². The minimum atomic E-state index is 0.392. The fourth-order valence-corrected chi connectivity index (χ4v) is 2.24. The van der Waals surface area contributed by atoms with Crippen LogP contribution in [0.25, 0.3) is 10.9 Å². The summed E-state index contributed by atoms with van der Waals surface area (Å²) < 4.78 is 0. The molecule has 0 radical (unpaired) electrons. The number of aromatic nitrogens is 2. The molecule has 2 aromatic carbocycles. The summed E-state index contributed by atoms with van der Waals surface area (Å²) >= 11 is 0. The first kappa shape index (κ1) is 13.3. The second-order valence-corrected chi connectivity index (χ2v) is 4.74. The van der Waals surface area contributed by atoms with Crippen LogP contribution in [-0.4, -0.2) is 9.97 Å². The number of nitrogen functional groups attached to an aromatic ring is 1. The first-order valence-corrected chi connectivity index (χ1v) is 6.89. The van der Waals surface area contributed by atoms with Gasteiger partial charge in [0.1, 0.15) is 5.82 Å². The van der Waals surface area contributed by atoms with Crippen molar-refractivity contribution < 1.29 is 0 Å². The van der Waals surface area contributed by atoms with E-state index in [9.17, 15) is 0 Å². The number of para-hydroxylation sites is 1. The third-order valence-corrected chi connectivity index (χ3v) is 3.33. The lowest BCUT2D eigenvalue weighted by molar-refractivity contribution is 1.13. The molecule has 0 saturated carbocycles. The van der Waals surface area contributed by atoms with Gasteiger partial charge >= 0.3 is 0 Å². The molecule has 0 spiro atoms. The van der Waals surface area contributed by atoms with E-state index in [-0.39, 0.29) is 0 Å². The smallest absolute Gasteiger partial charge is 0.239 e. The van der Waals surface area contributed by atoms with Gasteiger partial charge in [-0.3, -0.25) is 5.43 Å². The fraction of sp³-hybridized carbons (Fsp3) is 0.125. The van der Waals surface area contributed by atoms with E-state index in [0.717, 1.165) is 28.8 Å². The van der Waals surface area contributed by atoms with Crippen LogP contribution in [0.2, 0.25) is 0 Å². The minimum absolute atomic E-state index is 0.392. The van der Waals surface area contributed by atoms with Gasteiger partial charge in [0.25, 0.3) is 0 Å². The molecule has 21 heavy (non-hydrogen) atoms. The van der Waals surface area contributed by atoms with E-state index in [0.29, 0.717) is 5.95 Å². The van der Waals surface area contributed by atoms with Gasteiger partial charge in [-0.15, -0.1) is 0 Å². The zero-order chi connectivity index (χ0) is 14.7. The van der Waals surface area contributed by atoms with Crippen molar-refractivity contribution in [3.05, 3.63) is 54.1 Å². The average Bonchev–Trinajstić information content (AvgIpc) is 2.55.